The number of allylic oxidation sites excluding steroid dienone is 7. The molecule has 0 radical (unpaired) electrons. The molecule has 0 amide bonds. The molecular formula is C22H16N2. The van der Waals surface area contributed by atoms with Gasteiger partial charge in [-0.3, -0.25) is 0 Å². The average molecular weight is 308 g/mol. The fourth-order valence-corrected chi connectivity index (χ4v) is 4.32. The molecule has 3 aliphatic rings. The van der Waals surface area contributed by atoms with Crippen LogP contribution in [0.1, 0.15) is 12.0 Å². The van der Waals surface area contributed by atoms with E-state index in [-0.39, 0.29) is 0 Å². The maximum Gasteiger partial charge on any atom is 0.0594 e. The molecule has 0 bridgehead atoms. The van der Waals surface area contributed by atoms with Crippen LogP contribution in [-0.4, -0.2) is 4.98 Å². The Kier molecular flexibility index (Phi) is 2.22. The molecule has 1 aliphatic carbocycles. The summed E-state index contributed by atoms with van der Waals surface area (Å²) in [5.74, 6) is 0. The summed E-state index contributed by atoms with van der Waals surface area (Å²) in [5, 5.41) is 2.66. The number of aromatic amines is 1. The van der Waals surface area contributed by atoms with Crippen molar-refractivity contribution in [2.75, 3.05) is 4.90 Å². The second kappa shape index (κ2) is 4.30. The Morgan fingerprint density at radius 1 is 0.917 bits per heavy atom. The molecule has 0 fully saturated rings. The van der Waals surface area contributed by atoms with Crippen molar-refractivity contribution in [3.63, 3.8) is 0 Å². The normalized spacial score (nSPS) is 18.2. The van der Waals surface area contributed by atoms with Crippen LogP contribution in [-0.2, 0) is 6.42 Å². The van der Waals surface area contributed by atoms with E-state index < -0.39 is 0 Å². The minimum Gasteiger partial charge on any atom is -0.354 e. The minimum atomic E-state index is 1.01. The first kappa shape index (κ1) is 12.4. The molecule has 0 atom stereocenters. The number of nitrogens with one attached hydrogen (secondary N) is 1. The van der Waals surface area contributed by atoms with Gasteiger partial charge < -0.3 is 9.88 Å². The lowest BCUT2D eigenvalue weighted by atomic mass is 9.98. The Hall–Kier alpha value is -3.00. The highest BCUT2D eigenvalue weighted by Crippen LogP contribution is 2.48. The van der Waals surface area contributed by atoms with E-state index >= 15 is 0 Å². The molecule has 2 aromatic carbocycles. The largest absolute Gasteiger partial charge is 0.354 e. The van der Waals surface area contributed by atoms with E-state index in [1.165, 1.54) is 50.0 Å². The van der Waals surface area contributed by atoms with Crippen molar-refractivity contribution in [2.24, 2.45) is 0 Å². The van der Waals surface area contributed by atoms with E-state index in [1.807, 2.05) is 0 Å². The average Bonchev–Trinajstić information content (AvgIpc) is 3.19. The summed E-state index contributed by atoms with van der Waals surface area (Å²) < 4.78 is 0. The molecule has 0 spiro atoms. The molecule has 6 rings (SSSR count). The van der Waals surface area contributed by atoms with Gasteiger partial charge in [0.25, 0.3) is 0 Å². The fraction of sp³-hybridized carbons (Fsp3) is 0.0909. The number of nitrogens with zero attached hydrogens (tertiary/aromatic N) is 1. The van der Waals surface area contributed by atoms with Crippen molar-refractivity contribution >= 4 is 27.5 Å². The third-order valence-corrected chi connectivity index (χ3v) is 5.38. The van der Waals surface area contributed by atoms with E-state index in [1.54, 1.807) is 0 Å². The van der Waals surface area contributed by atoms with Gasteiger partial charge >= 0.3 is 0 Å². The van der Waals surface area contributed by atoms with Gasteiger partial charge in [-0.05, 0) is 41.8 Å². The second-order valence-electron chi connectivity index (χ2n) is 6.71. The summed E-state index contributed by atoms with van der Waals surface area (Å²) >= 11 is 0. The quantitative estimate of drug-likeness (QED) is 0.593. The molecule has 3 aromatic rings. The van der Waals surface area contributed by atoms with Gasteiger partial charge in [0.2, 0.25) is 0 Å². The van der Waals surface area contributed by atoms with Gasteiger partial charge in [-0.2, -0.15) is 0 Å². The topological polar surface area (TPSA) is 19.0 Å². The lowest BCUT2D eigenvalue weighted by Crippen LogP contribution is -2.22. The van der Waals surface area contributed by atoms with Crippen LogP contribution in [0.3, 0.4) is 0 Å². The van der Waals surface area contributed by atoms with Gasteiger partial charge in [-0.1, -0.05) is 42.5 Å². The van der Waals surface area contributed by atoms with Crippen LogP contribution < -0.4 is 4.90 Å². The number of rotatable bonds is 0. The first-order valence-corrected chi connectivity index (χ1v) is 8.49. The van der Waals surface area contributed by atoms with Gasteiger partial charge in [-0.25, -0.2) is 0 Å². The highest BCUT2D eigenvalue weighted by Gasteiger charge is 2.32. The Morgan fingerprint density at radius 2 is 1.88 bits per heavy atom. The number of fused-ring (bicyclic) bond motifs is 9. The number of benzene rings is 2. The molecule has 0 saturated heterocycles. The monoisotopic (exact) mass is 308 g/mol. The molecule has 0 saturated carbocycles. The van der Waals surface area contributed by atoms with Crippen LogP contribution >= 0.6 is 0 Å². The Balaban J connectivity index is 1.73. The number of aromatic nitrogens is 1. The molecule has 1 aromatic heterocycles. The van der Waals surface area contributed by atoms with E-state index in [9.17, 15) is 0 Å². The zero-order chi connectivity index (χ0) is 15.7. The Bertz CT molecular complexity index is 1150. The zero-order valence-electron chi connectivity index (χ0n) is 13.2. The Labute approximate surface area is 140 Å². The van der Waals surface area contributed by atoms with E-state index in [4.69, 9.17) is 0 Å². The standard InChI is InChI=1S/C22H16N2/c1-4-8-20-14(5-1)9-11-16-13-15-10-12-19-21(22(15)24(16)20)17-6-2-3-7-18(17)23-19/h1-4,6-12,23H,5,13H2. The van der Waals surface area contributed by atoms with Gasteiger partial charge in [0.05, 0.1) is 5.69 Å². The maximum atomic E-state index is 3.58. The van der Waals surface area contributed by atoms with Crippen molar-refractivity contribution in [1.29, 1.82) is 0 Å². The molecule has 2 heteroatoms. The van der Waals surface area contributed by atoms with Crippen molar-refractivity contribution in [1.82, 2.24) is 4.98 Å². The second-order valence-corrected chi connectivity index (χ2v) is 6.71. The summed E-state index contributed by atoms with van der Waals surface area (Å²) in [7, 11) is 0. The molecule has 2 aliphatic heterocycles. The molecular weight excluding hydrogens is 292 g/mol. The molecule has 2 nitrogen and oxygen atoms in total. The summed E-state index contributed by atoms with van der Waals surface area (Å²) in [6.45, 7) is 0. The van der Waals surface area contributed by atoms with Crippen LogP contribution in [0.15, 0.2) is 83.7 Å². The predicted octanol–water partition coefficient (Wildman–Crippen LogP) is 5.35. The van der Waals surface area contributed by atoms with Crippen LogP contribution in [0.2, 0.25) is 0 Å². The van der Waals surface area contributed by atoms with Crippen LogP contribution in [0.4, 0.5) is 5.69 Å². The number of para-hydroxylation sites is 1. The summed E-state index contributed by atoms with van der Waals surface area (Å²) in [4.78, 5) is 6.06. The maximum absolute atomic E-state index is 3.58. The summed E-state index contributed by atoms with van der Waals surface area (Å²) in [6.07, 6.45) is 13.3. The van der Waals surface area contributed by atoms with Crippen molar-refractivity contribution in [3.8, 4) is 0 Å². The highest BCUT2D eigenvalue weighted by atomic mass is 15.2. The van der Waals surface area contributed by atoms with Crippen molar-refractivity contribution < 1.29 is 0 Å². The number of hydrogen-bond acceptors (Lipinski definition) is 1. The number of H-pyrrole nitrogens is 1. The molecule has 0 unspecified atom stereocenters. The van der Waals surface area contributed by atoms with Crippen molar-refractivity contribution in [2.45, 2.75) is 12.8 Å². The molecule has 114 valence electrons. The van der Waals surface area contributed by atoms with Crippen molar-refractivity contribution in [3.05, 3.63) is 89.3 Å². The molecule has 3 heterocycles. The zero-order valence-corrected chi connectivity index (χ0v) is 13.2. The van der Waals surface area contributed by atoms with E-state index in [0.717, 1.165) is 12.8 Å². The third kappa shape index (κ3) is 1.46. The first-order chi connectivity index (χ1) is 11.9. The van der Waals surface area contributed by atoms with E-state index in [0.29, 0.717) is 0 Å². The van der Waals surface area contributed by atoms with Gasteiger partial charge in [0, 0.05) is 39.6 Å². The molecule has 24 heavy (non-hydrogen) atoms. The minimum absolute atomic E-state index is 1.01. The lowest BCUT2D eigenvalue weighted by Gasteiger charge is -2.30. The lowest BCUT2D eigenvalue weighted by molar-refractivity contribution is 1.02. The van der Waals surface area contributed by atoms with Gasteiger partial charge in [0.1, 0.15) is 0 Å². The number of anilines is 1. The first-order valence-electron chi connectivity index (χ1n) is 8.49. The summed E-state index contributed by atoms with van der Waals surface area (Å²) in [6, 6.07) is 13.1. The van der Waals surface area contributed by atoms with Gasteiger partial charge in [0.15, 0.2) is 0 Å². The van der Waals surface area contributed by atoms with Crippen LogP contribution in [0.5, 0.6) is 0 Å². The highest BCUT2D eigenvalue weighted by molar-refractivity contribution is 6.15. The summed E-state index contributed by atoms with van der Waals surface area (Å²) in [5.41, 5.74) is 9.35. The smallest absolute Gasteiger partial charge is 0.0594 e. The van der Waals surface area contributed by atoms with Gasteiger partial charge in [-0.15, -0.1) is 0 Å². The third-order valence-electron chi connectivity index (χ3n) is 5.38. The van der Waals surface area contributed by atoms with Crippen LogP contribution in [0, 0.1) is 0 Å². The molecule has 1 N–H and O–H groups in total. The van der Waals surface area contributed by atoms with E-state index in [2.05, 4.69) is 76.7 Å². The van der Waals surface area contributed by atoms with Crippen LogP contribution in [0.25, 0.3) is 21.8 Å². The predicted molar refractivity (Wildman–Crippen MR) is 100.0 cm³/mol. The number of hydrogen-bond donors (Lipinski definition) is 1. The fourth-order valence-electron chi connectivity index (χ4n) is 4.32. The Morgan fingerprint density at radius 3 is 2.88 bits per heavy atom. The SMILES string of the molecule is C1=CCC2=CC=C3Cc4ccc5[nH]c6ccccc6c5c4N3C2=C1.